The molecule has 1 aromatic rings. The third-order valence-electron chi connectivity index (χ3n) is 2.59. The van der Waals surface area contributed by atoms with Crippen LogP contribution in [0.5, 0.6) is 0 Å². The summed E-state index contributed by atoms with van der Waals surface area (Å²) in [4.78, 5) is 22.6. The van der Waals surface area contributed by atoms with Gasteiger partial charge in [-0.3, -0.25) is 4.79 Å². The van der Waals surface area contributed by atoms with Gasteiger partial charge < -0.3 is 16.2 Å². The summed E-state index contributed by atoms with van der Waals surface area (Å²) in [5.74, 6) is -1.64. The molecule has 0 radical (unpaired) electrons. The van der Waals surface area contributed by atoms with Crippen molar-refractivity contribution in [3.63, 3.8) is 0 Å². The zero-order chi connectivity index (χ0) is 14.4. The molecule has 0 aliphatic heterocycles. The van der Waals surface area contributed by atoms with Crippen LogP contribution in [-0.2, 0) is 9.59 Å². The molecule has 4 N–H and O–H groups in total. The maximum Gasteiger partial charge on any atom is 0.326 e. The number of amides is 1. The molecule has 0 fully saturated rings. The Morgan fingerprint density at radius 2 is 1.84 bits per heavy atom. The monoisotopic (exact) mass is 262 g/mol. The molecule has 1 aromatic carbocycles. The van der Waals surface area contributed by atoms with Gasteiger partial charge in [0.1, 0.15) is 6.04 Å². The molecule has 1 rings (SSSR count). The van der Waals surface area contributed by atoms with Gasteiger partial charge in [0.05, 0.1) is 0 Å². The number of carbonyl (C=O) groups is 2. The molecule has 5 nitrogen and oxygen atoms in total. The molecular formula is C14H18N2O3. The lowest BCUT2D eigenvalue weighted by Gasteiger charge is -2.16. The Morgan fingerprint density at radius 1 is 1.26 bits per heavy atom. The average Bonchev–Trinajstić information content (AvgIpc) is 2.34. The highest BCUT2D eigenvalue weighted by atomic mass is 16.4. The van der Waals surface area contributed by atoms with Crippen LogP contribution in [0.3, 0.4) is 0 Å². The molecule has 0 aliphatic rings. The van der Waals surface area contributed by atoms with Gasteiger partial charge in [-0.05, 0) is 29.7 Å². The summed E-state index contributed by atoms with van der Waals surface area (Å²) < 4.78 is 0. The van der Waals surface area contributed by atoms with Crippen molar-refractivity contribution in [2.24, 2.45) is 5.92 Å². The van der Waals surface area contributed by atoms with Crippen molar-refractivity contribution in [1.82, 2.24) is 5.32 Å². The fraction of sp³-hybridized carbons (Fsp3) is 0.286. The van der Waals surface area contributed by atoms with Gasteiger partial charge in [0.2, 0.25) is 5.91 Å². The first kappa shape index (κ1) is 14.8. The number of carbonyl (C=O) groups excluding carboxylic acids is 1. The van der Waals surface area contributed by atoms with E-state index in [-0.39, 0.29) is 5.92 Å². The second-order valence-electron chi connectivity index (χ2n) is 4.57. The van der Waals surface area contributed by atoms with Crippen molar-refractivity contribution in [2.75, 3.05) is 5.73 Å². The molecule has 0 heterocycles. The Labute approximate surface area is 112 Å². The molecule has 0 bridgehead atoms. The highest BCUT2D eigenvalue weighted by molar-refractivity contribution is 5.94. The molecular weight excluding hydrogens is 244 g/mol. The molecule has 19 heavy (non-hydrogen) atoms. The number of hydrogen-bond acceptors (Lipinski definition) is 3. The Morgan fingerprint density at radius 3 is 2.32 bits per heavy atom. The van der Waals surface area contributed by atoms with Gasteiger partial charge in [0, 0.05) is 11.8 Å². The van der Waals surface area contributed by atoms with Gasteiger partial charge in [-0.2, -0.15) is 0 Å². The standard InChI is InChI=1S/C14H18N2O3/c1-9(2)13(14(18)19)16-12(17)8-5-10-3-6-11(15)7-4-10/h3-9,13H,15H2,1-2H3,(H,16,17)(H,18,19)/b8-5+/t13-/m1/s1. The van der Waals surface area contributed by atoms with E-state index in [0.29, 0.717) is 5.69 Å². The number of anilines is 1. The van der Waals surface area contributed by atoms with Crippen LogP contribution >= 0.6 is 0 Å². The van der Waals surface area contributed by atoms with E-state index in [0.717, 1.165) is 5.56 Å². The van der Waals surface area contributed by atoms with Crippen molar-refractivity contribution >= 4 is 23.6 Å². The van der Waals surface area contributed by atoms with Gasteiger partial charge in [-0.1, -0.05) is 26.0 Å². The van der Waals surface area contributed by atoms with Gasteiger partial charge in [0.15, 0.2) is 0 Å². The summed E-state index contributed by atoms with van der Waals surface area (Å²) in [6, 6.07) is 6.12. The number of nitrogens with two attached hydrogens (primary N) is 1. The lowest BCUT2D eigenvalue weighted by atomic mass is 10.0. The largest absolute Gasteiger partial charge is 0.480 e. The molecule has 0 saturated carbocycles. The third-order valence-corrected chi connectivity index (χ3v) is 2.59. The SMILES string of the molecule is CC(C)[C@@H](NC(=O)/C=C/c1ccc(N)cc1)C(=O)O. The van der Waals surface area contributed by atoms with Crippen LogP contribution in [0.15, 0.2) is 30.3 Å². The van der Waals surface area contributed by atoms with Crippen molar-refractivity contribution < 1.29 is 14.7 Å². The maximum atomic E-state index is 11.6. The maximum absolute atomic E-state index is 11.6. The number of benzene rings is 1. The highest BCUT2D eigenvalue weighted by Crippen LogP contribution is 2.07. The number of carboxylic acids is 1. The zero-order valence-corrected chi connectivity index (χ0v) is 11.0. The summed E-state index contributed by atoms with van der Waals surface area (Å²) in [5.41, 5.74) is 7.01. The highest BCUT2D eigenvalue weighted by Gasteiger charge is 2.22. The minimum absolute atomic E-state index is 0.175. The van der Waals surface area contributed by atoms with Crippen molar-refractivity contribution in [3.05, 3.63) is 35.9 Å². The Hall–Kier alpha value is -2.30. The third kappa shape index (κ3) is 4.83. The molecule has 0 spiro atoms. The second kappa shape index (κ2) is 6.58. The summed E-state index contributed by atoms with van der Waals surface area (Å²) in [6.45, 7) is 3.48. The van der Waals surface area contributed by atoms with Crippen molar-refractivity contribution in [2.45, 2.75) is 19.9 Å². The molecule has 1 amide bonds. The second-order valence-corrected chi connectivity index (χ2v) is 4.57. The number of nitrogens with one attached hydrogen (secondary N) is 1. The van der Waals surface area contributed by atoms with Crippen LogP contribution in [-0.4, -0.2) is 23.0 Å². The van der Waals surface area contributed by atoms with Gasteiger partial charge in [-0.15, -0.1) is 0 Å². The summed E-state index contributed by atoms with van der Waals surface area (Å²) in [6.07, 6.45) is 2.91. The molecule has 0 unspecified atom stereocenters. The van der Waals surface area contributed by atoms with Gasteiger partial charge in [-0.25, -0.2) is 4.79 Å². The molecule has 5 heteroatoms. The Bertz CT molecular complexity index is 478. The van der Waals surface area contributed by atoms with E-state index in [1.165, 1.54) is 6.08 Å². The number of aliphatic carboxylic acids is 1. The molecule has 102 valence electrons. The topological polar surface area (TPSA) is 92.4 Å². The van der Waals surface area contributed by atoms with Gasteiger partial charge >= 0.3 is 5.97 Å². The van der Waals surface area contributed by atoms with E-state index in [1.54, 1.807) is 44.2 Å². The van der Waals surface area contributed by atoms with Crippen LogP contribution in [0.2, 0.25) is 0 Å². The normalized spacial score (nSPS) is 12.6. The van der Waals surface area contributed by atoms with Crippen LogP contribution in [0.4, 0.5) is 5.69 Å². The van der Waals surface area contributed by atoms with Crippen molar-refractivity contribution in [3.8, 4) is 0 Å². The number of nitrogen functional groups attached to an aromatic ring is 1. The average molecular weight is 262 g/mol. The predicted octanol–water partition coefficient (Wildman–Crippen LogP) is 1.51. The molecule has 0 saturated heterocycles. The lowest BCUT2D eigenvalue weighted by molar-refractivity contribution is -0.142. The minimum Gasteiger partial charge on any atom is -0.480 e. The number of carboxylic acid groups (broad SMARTS) is 1. The predicted molar refractivity (Wildman–Crippen MR) is 74.3 cm³/mol. The number of rotatable bonds is 5. The van der Waals surface area contributed by atoms with Gasteiger partial charge in [0.25, 0.3) is 0 Å². The van der Waals surface area contributed by atoms with E-state index < -0.39 is 17.9 Å². The fourth-order valence-electron chi connectivity index (χ4n) is 1.49. The van der Waals surface area contributed by atoms with E-state index in [1.807, 2.05) is 0 Å². The minimum atomic E-state index is -1.04. The van der Waals surface area contributed by atoms with Crippen LogP contribution in [0.1, 0.15) is 19.4 Å². The van der Waals surface area contributed by atoms with Crippen LogP contribution in [0.25, 0.3) is 6.08 Å². The summed E-state index contributed by atoms with van der Waals surface area (Å²) in [5, 5.41) is 11.4. The van der Waals surface area contributed by atoms with E-state index in [9.17, 15) is 9.59 Å². The Balaban J connectivity index is 2.64. The molecule has 0 aliphatic carbocycles. The summed E-state index contributed by atoms with van der Waals surface area (Å²) >= 11 is 0. The Kier molecular flexibility index (Phi) is 5.11. The first-order valence-electron chi connectivity index (χ1n) is 5.97. The van der Waals surface area contributed by atoms with Crippen LogP contribution < -0.4 is 11.1 Å². The zero-order valence-electron chi connectivity index (χ0n) is 11.0. The first-order valence-corrected chi connectivity index (χ1v) is 5.97. The van der Waals surface area contributed by atoms with Crippen molar-refractivity contribution in [1.29, 1.82) is 0 Å². The summed E-state index contributed by atoms with van der Waals surface area (Å²) in [7, 11) is 0. The van der Waals surface area contributed by atoms with E-state index in [4.69, 9.17) is 10.8 Å². The first-order chi connectivity index (χ1) is 8.90. The lowest BCUT2D eigenvalue weighted by Crippen LogP contribution is -2.43. The molecule has 1 atom stereocenters. The van der Waals surface area contributed by atoms with Crippen LogP contribution in [0, 0.1) is 5.92 Å². The quantitative estimate of drug-likeness (QED) is 0.554. The fourth-order valence-corrected chi connectivity index (χ4v) is 1.49. The van der Waals surface area contributed by atoms with E-state index in [2.05, 4.69) is 5.32 Å². The smallest absolute Gasteiger partial charge is 0.326 e. The molecule has 0 aromatic heterocycles. The van der Waals surface area contributed by atoms with E-state index >= 15 is 0 Å². The number of hydrogen-bond donors (Lipinski definition) is 3.